The van der Waals surface area contributed by atoms with Crippen molar-refractivity contribution in [3.63, 3.8) is 0 Å². The molecule has 0 amide bonds. The van der Waals surface area contributed by atoms with E-state index in [-0.39, 0.29) is 13.2 Å². The first-order valence-electron chi connectivity index (χ1n) is 9.55. The zero-order valence-corrected chi connectivity index (χ0v) is 14.9. The van der Waals surface area contributed by atoms with E-state index in [2.05, 4.69) is 13.8 Å². The average Bonchev–Trinajstić information content (AvgIpc) is 2.52. The standard InChI is InChI=1S/C17H36.C2H6O2/c1-3-5-7-9-11-13-15-17-16-14-12-10-8-6-4-2;3-1-2-4/h3-17H2,1-2H3;3-4H,1-2H2. The average molecular weight is 303 g/mol. The first kappa shape index (κ1) is 23.2. The van der Waals surface area contributed by atoms with Crippen molar-refractivity contribution < 1.29 is 10.2 Å². The van der Waals surface area contributed by atoms with Crippen LogP contribution in [0.4, 0.5) is 0 Å². The molecule has 0 atom stereocenters. The number of hydrogen-bond donors (Lipinski definition) is 2. The quantitative estimate of drug-likeness (QED) is 0.373. The van der Waals surface area contributed by atoms with Crippen molar-refractivity contribution in [1.82, 2.24) is 0 Å². The maximum absolute atomic E-state index is 7.62. The highest BCUT2D eigenvalue weighted by Crippen LogP contribution is 2.13. The molecular formula is C19H42O2. The third-order valence-corrected chi connectivity index (χ3v) is 3.81. The van der Waals surface area contributed by atoms with E-state index in [1.165, 1.54) is 96.3 Å². The van der Waals surface area contributed by atoms with Crippen molar-refractivity contribution in [3.8, 4) is 0 Å². The SMILES string of the molecule is CCCCCCCCCCCCCCCCC.OCCO. The molecule has 0 aliphatic carbocycles. The minimum absolute atomic E-state index is 0.125. The fourth-order valence-electron chi connectivity index (χ4n) is 2.44. The number of aliphatic hydroxyl groups is 2. The summed E-state index contributed by atoms with van der Waals surface area (Å²) in [5, 5.41) is 15.2. The summed E-state index contributed by atoms with van der Waals surface area (Å²) in [6.07, 6.45) is 21.9. The molecule has 0 rings (SSSR count). The Morgan fingerprint density at radius 3 is 0.714 bits per heavy atom. The Kier molecular flexibility index (Phi) is 27.5. The van der Waals surface area contributed by atoms with E-state index >= 15 is 0 Å². The van der Waals surface area contributed by atoms with Crippen LogP contribution >= 0.6 is 0 Å². The van der Waals surface area contributed by atoms with Crippen LogP contribution in [0.5, 0.6) is 0 Å². The van der Waals surface area contributed by atoms with Gasteiger partial charge in [0.05, 0.1) is 13.2 Å². The van der Waals surface area contributed by atoms with Gasteiger partial charge < -0.3 is 10.2 Å². The summed E-state index contributed by atoms with van der Waals surface area (Å²) in [5.41, 5.74) is 0. The third-order valence-electron chi connectivity index (χ3n) is 3.81. The Labute approximate surface area is 134 Å². The molecule has 2 nitrogen and oxygen atoms in total. The van der Waals surface area contributed by atoms with Crippen LogP contribution in [0.3, 0.4) is 0 Å². The van der Waals surface area contributed by atoms with Gasteiger partial charge in [-0.2, -0.15) is 0 Å². The molecule has 2 N–H and O–H groups in total. The van der Waals surface area contributed by atoms with Gasteiger partial charge >= 0.3 is 0 Å². The van der Waals surface area contributed by atoms with Gasteiger partial charge in [-0.3, -0.25) is 0 Å². The van der Waals surface area contributed by atoms with Gasteiger partial charge in [0, 0.05) is 0 Å². The molecule has 0 aliphatic heterocycles. The summed E-state index contributed by atoms with van der Waals surface area (Å²) in [5.74, 6) is 0. The Hall–Kier alpha value is -0.0800. The zero-order valence-electron chi connectivity index (χ0n) is 14.9. The molecular weight excluding hydrogens is 260 g/mol. The minimum Gasteiger partial charge on any atom is -0.394 e. The van der Waals surface area contributed by atoms with E-state index in [4.69, 9.17) is 10.2 Å². The molecule has 0 saturated heterocycles. The fourth-order valence-corrected chi connectivity index (χ4v) is 2.44. The number of rotatable bonds is 15. The van der Waals surface area contributed by atoms with Gasteiger partial charge in [-0.25, -0.2) is 0 Å². The molecule has 0 aromatic carbocycles. The van der Waals surface area contributed by atoms with Gasteiger partial charge in [-0.15, -0.1) is 0 Å². The van der Waals surface area contributed by atoms with Gasteiger partial charge in [-0.05, 0) is 0 Å². The maximum Gasteiger partial charge on any atom is 0.0662 e. The summed E-state index contributed by atoms with van der Waals surface area (Å²) < 4.78 is 0. The van der Waals surface area contributed by atoms with Crippen LogP contribution < -0.4 is 0 Å². The number of aliphatic hydroxyl groups excluding tert-OH is 2. The Balaban J connectivity index is 0. The molecule has 21 heavy (non-hydrogen) atoms. The molecule has 2 heteroatoms. The lowest BCUT2D eigenvalue weighted by Crippen LogP contribution is -1.85. The molecule has 130 valence electrons. The topological polar surface area (TPSA) is 40.5 Å². The van der Waals surface area contributed by atoms with Crippen molar-refractivity contribution in [1.29, 1.82) is 0 Å². The molecule has 0 radical (unpaired) electrons. The lowest BCUT2D eigenvalue weighted by Gasteiger charge is -2.02. The highest BCUT2D eigenvalue weighted by molar-refractivity contribution is 4.48. The second kappa shape index (κ2) is 24.9. The fraction of sp³-hybridized carbons (Fsp3) is 1.00. The minimum atomic E-state index is -0.125. The van der Waals surface area contributed by atoms with Crippen molar-refractivity contribution in [2.24, 2.45) is 0 Å². The first-order chi connectivity index (χ1) is 10.3. The second-order valence-electron chi connectivity index (χ2n) is 6.04. The molecule has 0 heterocycles. The summed E-state index contributed by atoms with van der Waals surface area (Å²) in [6, 6.07) is 0. The highest BCUT2D eigenvalue weighted by Gasteiger charge is 1.93. The number of unbranched alkanes of at least 4 members (excludes halogenated alkanes) is 14. The van der Waals surface area contributed by atoms with Gasteiger partial charge in [0.25, 0.3) is 0 Å². The molecule has 0 unspecified atom stereocenters. The highest BCUT2D eigenvalue weighted by atomic mass is 16.3. The van der Waals surface area contributed by atoms with Gasteiger partial charge in [0.2, 0.25) is 0 Å². The summed E-state index contributed by atoms with van der Waals surface area (Å²) in [7, 11) is 0. The van der Waals surface area contributed by atoms with Gasteiger partial charge in [0.15, 0.2) is 0 Å². The first-order valence-corrected chi connectivity index (χ1v) is 9.55. The number of hydrogen-bond acceptors (Lipinski definition) is 2. The molecule has 0 bridgehead atoms. The monoisotopic (exact) mass is 302 g/mol. The van der Waals surface area contributed by atoms with Crippen LogP contribution in [0.1, 0.15) is 110 Å². The van der Waals surface area contributed by atoms with Crippen molar-refractivity contribution in [2.45, 2.75) is 110 Å². The van der Waals surface area contributed by atoms with E-state index in [0.29, 0.717) is 0 Å². The zero-order chi connectivity index (χ0) is 16.0. The molecule has 0 aromatic heterocycles. The summed E-state index contributed by atoms with van der Waals surface area (Å²) >= 11 is 0. The summed E-state index contributed by atoms with van der Waals surface area (Å²) in [6.45, 7) is 4.33. The third kappa shape index (κ3) is 28.7. The van der Waals surface area contributed by atoms with E-state index in [1.807, 2.05) is 0 Å². The maximum atomic E-state index is 7.62. The second-order valence-corrected chi connectivity index (χ2v) is 6.04. The Bertz CT molecular complexity index is 133. The van der Waals surface area contributed by atoms with E-state index in [9.17, 15) is 0 Å². The molecule has 0 aliphatic rings. The molecule has 0 spiro atoms. The molecule has 0 fully saturated rings. The predicted molar refractivity (Wildman–Crippen MR) is 94.8 cm³/mol. The normalized spacial score (nSPS) is 10.3. The summed E-state index contributed by atoms with van der Waals surface area (Å²) in [4.78, 5) is 0. The van der Waals surface area contributed by atoms with E-state index in [1.54, 1.807) is 0 Å². The molecule has 0 aromatic rings. The lowest BCUT2D eigenvalue weighted by atomic mass is 10.0. The van der Waals surface area contributed by atoms with Gasteiger partial charge in [0.1, 0.15) is 0 Å². The van der Waals surface area contributed by atoms with Crippen LogP contribution in [0, 0.1) is 0 Å². The van der Waals surface area contributed by atoms with Crippen LogP contribution in [-0.4, -0.2) is 23.4 Å². The Morgan fingerprint density at radius 1 is 0.381 bits per heavy atom. The Morgan fingerprint density at radius 2 is 0.571 bits per heavy atom. The van der Waals surface area contributed by atoms with Crippen molar-refractivity contribution in [3.05, 3.63) is 0 Å². The van der Waals surface area contributed by atoms with Crippen LogP contribution in [0.15, 0.2) is 0 Å². The van der Waals surface area contributed by atoms with Crippen LogP contribution in [-0.2, 0) is 0 Å². The van der Waals surface area contributed by atoms with E-state index < -0.39 is 0 Å². The van der Waals surface area contributed by atoms with E-state index in [0.717, 1.165) is 0 Å². The lowest BCUT2D eigenvalue weighted by molar-refractivity contribution is 0.186. The predicted octanol–water partition coefficient (Wildman–Crippen LogP) is 5.85. The van der Waals surface area contributed by atoms with Crippen LogP contribution in [0.25, 0.3) is 0 Å². The van der Waals surface area contributed by atoms with Crippen molar-refractivity contribution >= 4 is 0 Å². The van der Waals surface area contributed by atoms with Crippen molar-refractivity contribution in [2.75, 3.05) is 13.2 Å². The largest absolute Gasteiger partial charge is 0.394 e. The van der Waals surface area contributed by atoms with Crippen LogP contribution in [0.2, 0.25) is 0 Å². The van der Waals surface area contributed by atoms with Gasteiger partial charge in [-0.1, -0.05) is 110 Å². The molecule has 0 saturated carbocycles. The smallest absolute Gasteiger partial charge is 0.0662 e.